The molecule has 1 heterocycles. The number of hydrogen-bond donors (Lipinski definition) is 2. The molecule has 2 N–H and O–H groups in total. The topological polar surface area (TPSA) is 74.7 Å². The van der Waals surface area contributed by atoms with Crippen LogP contribution in [0.3, 0.4) is 0 Å². The average Bonchev–Trinajstić information content (AvgIpc) is 2.76. The molecule has 5 nitrogen and oxygen atoms in total. The van der Waals surface area contributed by atoms with Crippen LogP contribution in [0.2, 0.25) is 5.02 Å². The van der Waals surface area contributed by atoms with E-state index in [1.54, 1.807) is 38.1 Å². The van der Waals surface area contributed by atoms with E-state index in [1.807, 2.05) is 0 Å². The van der Waals surface area contributed by atoms with Gasteiger partial charge in [-0.1, -0.05) is 30.7 Å². The van der Waals surface area contributed by atoms with E-state index >= 15 is 0 Å². The van der Waals surface area contributed by atoms with Gasteiger partial charge in [0, 0.05) is 28.3 Å². The van der Waals surface area contributed by atoms with E-state index in [1.165, 1.54) is 25.3 Å². The number of hydrogen-bond acceptors (Lipinski definition) is 4. The van der Waals surface area contributed by atoms with Crippen LogP contribution < -0.4 is 10.3 Å². The molecule has 3 aromatic rings. The molecule has 0 aliphatic carbocycles. The van der Waals surface area contributed by atoms with Crippen molar-refractivity contribution in [1.29, 1.82) is 0 Å². The summed E-state index contributed by atoms with van der Waals surface area (Å²) in [5.41, 5.74) is -1.77. The van der Waals surface area contributed by atoms with Gasteiger partial charge in [0.15, 0.2) is 5.60 Å². The Morgan fingerprint density at radius 2 is 1.94 bits per heavy atom. The van der Waals surface area contributed by atoms with E-state index in [0.29, 0.717) is 45.4 Å². The zero-order valence-electron chi connectivity index (χ0n) is 18.3. The number of pyridine rings is 1. The van der Waals surface area contributed by atoms with Gasteiger partial charge in [0.1, 0.15) is 5.75 Å². The second-order valence-corrected chi connectivity index (χ2v) is 8.25. The first-order valence-corrected chi connectivity index (χ1v) is 10.7. The highest BCUT2D eigenvalue weighted by Gasteiger charge is 2.53. The molecular formula is C24H24ClF3N2O3. The fourth-order valence-corrected chi connectivity index (χ4v) is 3.98. The van der Waals surface area contributed by atoms with Crippen molar-refractivity contribution < 1.29 is 23.0 Å². The van der Waals surface area contributed by atoms with Gasteiger partial charge in [0.2, 0.25) is 5.56 Å². The van der Waals surface area contributed by atoms with Gasteiger partial charge in [-0.2, -0.15) is 13.2 Å². The zero-order valence-corrected chi connectivity index (χ0v) is 19.1. The third-order valence-corrected chi connectivity index (χ3v) is 6.12. The number of fused-ring (bicyclic) bond motifs is 1. The largest absolute Gasteiger partial charge is 0.496 e. The second kappa shape index (κ2) is 9.57. The van der Waals surface area contributed by atoms with Crippen molar-refractivity contribution in [1.82, 2.24) is 4.98 Å². The maximum Gasteiger partial charge on any atom is 0.422 e. The summed E-state index contributed by atoms with van der Waals surface area (Å²) in [6, 6.07) is 10.7. The number of H-pyrrole nitrogens is 1. The molecule has 0 spiro atoms. The molecule has 2 aromatic carbocycles. The van der Waals surface area contributed by atoms with Crippen molar-refractivity contribution in [3.63, 3.8) is 0 Å². The summed E-state index contributed by atoms with van der Waals surface area (Å²) in [4.78, 5) is 18.1. The first kappa shape index (κ1) is 24.8. The lowest BCUT2D eigenvalue weighted by atomic mass is 9.83. The van der Waals surface area contributed by atoms with Gasteiger partial charge in [-0.25, -0.2) is 0 Å². The van der Waals surface area contributed by atoms with Crippen LogP contribution in [0, 0.1) is 6.92 Å². The summed E-state index contributed by atoms with van der Waals surface area (Å²) in [6.07, 6.45) is -4.78. The van der Waals surface area contributed by atoms with E-state index in [9.17, 15) is 23.1 Å². The molecule has 3 rings (SSSR count). The average molecular weight is 481 g/mol. The van der Waals surface area contributed by atoms with Gasteiger partial charge in [-0.15, -0.1) is 0 Å². The summed E-state index contributed by atoms with van der Waals surface area (Å²) in [7, 11) is 1.43. The number of rotatable bonds is 7. The summed E-state index contributed by atoms with van der Waals surface area (Å²) >= 11 is 6.14. The van der Waals surface area contributed by atoms with Crippen LogP contribution in [0.4, 0.5) is 18.9 Å². The Balaban J connectivity index is 2.04. The monoisotopic (exact) mass is 480 g/mol. The summed E-state index contributed by atoms with van der Waals surface area (Å²) in [5.74, 6) is -0.285. The first-order chi connectivity index (χ1) is 15.5. The third-order valence-electron chi connectivity index (χ3n) is 5.72. The van der Waals surface area contributed by atoms with Crippen molar-refractivity contribution in [2.75, 3.05) is 7.11 Å². The highest BCUT2D eigenvalue weighted by molar-refractivity contribution is 6.31. The SMILES string of the molecule is CCC(CC(O)(C=Nc1cccc2[nH]c(=O)ccc12)C(F)(F)F)c1ccc(Cl)c(C)c1OC. The Morgan fingerprint density at radius 1 is 1.21 bits per heavy atom. The summed E-state index contributed by atoms with van der Waals surface area (Å²) in [5, 5.41) is 11.7. The number of nitrogens with zero attached hydrogens (tertiary/aromatic N) is 1. The number of benzene rings is 2. The number of methoxy groups -OCH3 is 1. The number of aromatic nitrogens is 1. The van der Waals surface area contributed by atoms with Crippen molar-refractivity contribution in [2.45, 2.75) is 44.4 Å². The molecule has 2 atom stereocenters. The Bertz CT molecular complexity index is 1240. The molecule has 0 aliphatic rings. The third kappa shape index (κ3) is 5.07. The van der Waals surface area contributed by atoms with Crippen LogP contribution in [0.15, 0.2) is 52.3 Å². The molecule has 0 fully saturated rings. The molecule has 0 radical (unpaired) electrons. The van der Waals surface area contributed by atoms with Gasteiger partial charge >= 0.3 is 6.18 Å². The predicted octanol–water partition coefficient (Wildman–Crippen LogP) is 6.08. The minimum absolute atomic E-state index is 0.194. The molecule has 33 heavy (non-hydrogen) atoms. The van der Waals surface area contributed by atoms with Crippen molar-refractivity contribution in [3.8, 4) is 5.75 Å². The van der Waals surface area contributed by atoms with E-state index in [4.69, 9.17) is 16.3 Å². The molecule has 0 saturated heterocycles. The Morgan fingerprint density at radius 3 is 2.58 bits per heavy atom. The van der Waals surface area contributed by atoms with Crippen molar-refractivity contribution >= 4 is 34.4 Å². The fraction of sp³-hybridized carbons (Fsp3) is 0.333. The van der Waals surface area contributed by atoms with Gasteiger partial charge in [-0.05, 0) is 55.5 Å². The number of nitrogens with one attached hydrogen (secondary N) is 1. The van der Waals surface area contributed by atoms with E-state index in [0.717, 1.165) is 0 Å². The summed E-state index contributed by atoms with van der Waals surface area (Å²) in [6.45, 7) is 3.46. The molecule has 9 heteroatoms. The van der Waals surface area contributed by atoms with Gasteiger partial charge in [0.05, 0.1) is 18.3 Å². The van der Waals surface area contributed by atoms with Crippen molar-refractivity contribution in [3.05, 3.63) is 69.0 Å². The lowest BCUT2D eigenvalue weighted by molar-refractivity contribution is -0.232. The fourth-order valence-electron chi connectivity index (χ4n) is 3.83. The number of ether oxygens (including phenoxy) is 1. The number of halogens is 4. The zero-order chi connectivity index (χ0) is 24.4. The highest BCUT2D eigenvalue weighted by Crippen LogP contribution is 2.43. The summed E-state index contributed by atoms with van der Waals surface area (Å²) < 4.78 is 47.6. The molecule has 0 bridgehead atoms. The standard InChI is InChI=1S/C24H24ClF3N2O3/c1-4-15(16-8-10-18(25)14(2)22(16)33-3)12-23(32,24(26,27)28)13-29-19-6-5-7-20-17(19)9-11-21(31)30-20/h5-11,13,15,32H,4,12H2,1-3H3,(H,30,31). The van der Waals surface area contributed by atoms with Crippen LogP contribution in [-0.4, -0.2) is 35.2 Å². The first-order valence-electron chi connectivity index (χ1n) is 10.3. The maximum absolute atomic E-state index is 14.1. The van der Waals surface area contributed by atoms with Gasteiger partial charge in [0.25, 0.3) is 0 Å². The highest BCUT2D eigenvalue weighted by atomic mass is 35.5. The molecule has 176 valence electrons. The molecule has 0 aliphatic heterocycles. The maximum atomic E-state index is 14.1. The minimum Gasteiger partial charge on any atom is -0.496 e. The smallest absolute Gasteiger partial charge is 0.422 e. The van der Waals surface area contributed by atoms with Crippen LogP contribution in [-0.2, 0) is 0 Å². The second-order valence-electron chi connectivity index (χ2n) is 7.85. The number of aromatic amines is 1. The number of aliphatic imine (C=N–C) groups is 1. The van der Waals surface area contributed by atoms with E-state index in [2.05, 4.69) is 9.98 Å². The lowest BCUT2D eigenvalue weighted by Crippen LogP contribution is -2.47. The number of alkyl halides is 3. The minimum atomic E-state index is -4.97. The van der Waals surface area contributed by atoms with E-state index in [-0.39, 0.29) is 11.2 Å². The van der Waals surface area contributed by atoms with Gasteiger partial charge < -0.3 is 14.8 Å². The Hall–Kier alpha value is -2.84. The quantitative estimate of drug-likeness (QED) is 0.402. The number of aliphatic hydroxyl groups is 1. The Kier molecular flexibility index (Phi) is 7.19. The van der Waals surface area contributed by atoms with Crippen molar-refractivity contribution in [2.24, 2.45) is 4.99 Å². The Labute approximate surface area is 193 Å². The molecule has 0 saturated carbocycles. The predicted molar refractivity (Wildman–Crippen MR) is 124 cm³/mol. The van der Waals surface area contributed by atoms with Crippen LogP contribution in [0.25, 0.3) is 10.9 Å². The molecule has 0 amide bonds. The van der Waals surface area contributed by atoms with Crippen LogP contribution in [0.1, 0.15) is 36.8 Å². The lowest BCUT2D eigenvalue weighted by Gasteiger charge is -2.31. The molecule has 2 unspecified atom stereocenters. The van der Waals surface area contributed by atoms with Gasteiger partial charge in [-0.3, -0.25) is 9.79 Å². The van der Waals surface area contributed by atoms with Crippen LogP contribution in [0.5, 0.6) is 5.75 Å². The normalized spacial score (nSPS) is 15.0. The molecular weight excluding hydrogens is 457 g/mol. The molecule has 1 aromatic heterocycles. The van der Waals surface area contributed by atoms with Crippen LogP contribution >= 0.6 is 11.6 Å². The van der Waals surface area contributed by atoms with E-state index < -0.39 is 24.1 Å².